The van der Waals surface area contributed by atoms with Crippen molar-refractivity contribution in [2.75, 3.05) is 26.3 Å². The summed E-state index contributed by atoms with van der Waals surface area (Å²) in [6.07, 6.45) is 1.57. The summed E-state index contributed by atoms with van der Waals surface area (Å²) >= 11 is 0. The van der Waals surface area contributed by atoms with Gasteiger partial charge < -0.3 is 29.6 Å². The van der Waals surface area contributed by atoms with Gasteiger partial charge in [0, 0.05) is 11.3 Å². The van der Waals surface area contributed by atoms with E-state index >= 15 is 0 Å². The Morgan fingerprint density at radius 2 is 1.48 bits per heavy atom. The molecule has 0 radical (unpaired) electrons. The van der Waals surface area contributed by atoms with Crippen LogP contribution in [0.4, 0.5) is 5.69 Å². The Morgan fingerprint density at radius 1 is 0.848 bits per heavy atom. The second-order valence-electron chi connectivity index (χ2n) is 7.04. The number of amides is 2. The van der Waals surface area contributed by atoms with Crippen molar-refractivity contribution >= 4 is 23.6 Å². The number of methoxy groups -OCH3 is 2. The van der Waals surface area contributed by atoms with Crippen molar-refractivity contribution in [3.8, 4) is 23.0 Å². The molecular formula is C25H22N2O6. The molecule has 2 amide bonds. The van der Waals surface area contributed by atoms with Crippen LogP contribution in [0.5, 0.6) is 23.0 Å². The first kappa shape index (κ1) is 21.8. The van der Waals surface area contributed by atoms with Gasteiger partial charge in [0.15, 0.2) is 11.5 Å². The van der Waals surface area contributed by atoms with E-state index in [1.807, 2.05) is 0 Å². The van der Waals surface area contributed by atoms with Gasteiger partial charge in [-0.15, -0.1) is 0 Å². The number of nitrogens with one attached hydrogen (secondary N) is 2. The van der Waals surface area contributed by atoms with Crippen molar-refractivity contribution < 1.29 is 28.5 Å². The van der Waals surface area contributed by atoms with Gasteiger partial charge in [-0.1, -0.05) is 6.07 Å². The van der Waals surface area contributed by atoms with Crippen LogP contribution >= 0.6 is 0 Å². The highest BCUT2D eigenvalue weighted by molar-refractivity contribution is 6.10. The number of carbonyl (C=O) groups is 2. The predicted octanol–water partition coefficient (Wildman–Crippen LogP) is 3.84. The number of hydrogen-bond donors (Lipinski definition) is 2. The molecule has 0 aliphatic carbocycles. The fourth-order valence-corrected chi connectivity index (χ4v) is 3.14. The van der Waals surface area contributed by atoms with Crippen LogP contribution in [-0.2, 0) is 4.79 Å². The Bertz CT molecular complexity index is 1190. The highest BCUT2D eigenvalue weighted by Crippen LogP contribution is 2.33. The van der Waals surface area contributed by atoms with Crippen LogP contribution in [-0.4, -0.2) is 32.8 Å². The normalized spacial score (nSPS) is 12.1. The second kappa shape index (κ2) is 9.78. The summed E-state index contributed by atoms with van der Waals surface area (Å²) in [7, 11) is 3.11. The van der Waals surface area contributed by atoms with Gasteiger partial charge in [0.05, 0.1) is 14.2 Å². The molecule has 0 unspecified atom stereocenters. The molecule has 0 bridgehead atoms. The molecule has 33 heavy (non-hydrogen) atoms. The second-order valence-corrected chi connectivity index (χ2v) is 7.04. The lowest BCUT2D eigenvalue weighted by atomic mass is 10.1. The summed E-state index contributed by atoms with van der Waals surface area (Å²) in [6, 6.07) is 18.7. The summed E-state index contributed by atoms with van der Waals surface area (Å²) in [4.78, 5) is 25.9. The maximum Gasteiger partial charge on any atom is 0.272 e. The Kier molecular flexibility index (Phi) is 6.45. The number of ether oxygens (including phenoxy) is 4. The molecule has 3 aromatic carbocycles. The van der Waals surface area contributed by atoms with Crippen LogP contribution in [0.15, 0.2) is 72.4 Å². The predicted molar refractivity (Wildman–Crippen MR) is 123 cm³/mol. The van der Waals surface area contributed by atoms with Crippen LogP contribution < -0.4 is 29.6 Å². The lowest BCUT2D eigenvalue weighted by molar-refractivity contribution is -0.113. The Balaban J connectivity index is 1.60. The highest BCUT2D eigenvalue weighted by atomic mass is 16.7. The van der Waals surface area contributed by atoms with Gasteiger partial charge in [0.2, 0.25) is 6.79 Å². The molecule has 1 aliphatic rings. The van der Waals surface area contributed by atoms with Gasteiger partial charge in [-0.2, -0.15) is 0 Å². The molecule has 0 saturated carbocycles. The first-order chi connectivity index (χ1) is 16.1. The number of rotatable bonds is 7. The molecule has 8 nitrogen and oxygen atoms in total. The number of anilines is 1. The standard InChI is InChI=1S/C25H22N2O6/c1-30-19-8-4-17(5-9-19)24(28)27-21(13-16-3-12-22-23(14-16)33-15-32-22)25(29)26-18-6-10-20(31-2)11-7-18/h3-14H,15H2,1-2H3,(H,26,29)(H,27,28)/b21-13-. The van der Waals surface area contributed by atoms with Gasteiger partial charge in [0.25, 0.3) is 11.8 Å². The van der Waals surface area contributed by atoms with Crippen LogP contribution in [0.3, 0.4) is 0 Å². The van der Waals surface area contributed by atoms with Crippen molar-refractivity contribution in [1.82, 2.24) is 5.32 Å². The fraction of sp³-hybridized carbons (Fsp3) is 0.120. The van der Waals surface area contributed by atoms with Crippen molar-refractivity contribution in [3.05, 3.63) is 83.6 Å². The molecular weight excluding hydrogens is 424 g/mol. The zero-order chi connectivity index (χ0) is 23.2. The molecule has 0 fully saturated rings. The zero-order valence-corrected chi connectivity index (χ0v) is 18.1. The van der Waals surface area contributed by atoms with Crippen molar-refractivity contribution in [2.24, 2.45) is 0 Å². The lowest BCUT2D eigenvalue weighted by Crippen LogP contribution is -2.30. The number of benzene rings is 3. The third-order valence-corrected chi connectivity index (χ3v) is 4.90. The van der Waals surface area contributed by atoms with E-state index in [4.69, 9.17) is 18.9 Å². The van der Waals surface area contributed by atoms with Crippen molar-refractivity contribution in [3.63, 3.8) is 0 Å². The van der Waals surface area contributed by atoms with Gasteiger partial charge in [0.1, 0.15) is 17.2 Å². The highest BCUT2D eigenvalue weighted by Gasteiger charge is 2.17. The van der Waals surface area contributed by atoms with Gasteiger partial charge in [-0.25, -0.2) is 0 Å². The molecule has 4 rings (SSSR count). The molecule has 0 aromatic heterocycles. The monoisotopic (exact) mass is 446 g/mol. The Hall–Kier alpha value is -4.46. The lowest BCUT2D eigenvalue weighted by Gasteiger charge is -2.12. The van der Waals surface area contributed by atoms with E-state index < -0.39 is 11.8 Å². The largest absolute Gasteiger partial charge is 0.497 e. The van der Waals surface area contributed by atoms with E-state index in [0.29, 0.717) is 39.8 Å². The smallest absolute Gasteiger partial charge is 0.272 e. The van der Waals surface area contributed by atoms with Gasteiger partial charge >= 0.3 is 0 Å². The number of fused-ring (bicyclic) bond motifs is 1. The summed E-state index contributed by atoms with van der Waals surface area (Å²) < 4.78 is 21.0. The van der Waals surface area contributed by atoms with E-state index in [-0.39, 0.29) is 12.5 Å². The molecule has 0 spiro atoms. The molecule has 168 valence electrons. The molecule has 2 N–H and O–H groups in total. The van der Waals surface area contributed by atoms with E-state index in [1.165, 1.54) is 0 Å². The summed E-state index contributed by atoms with van der Waals surface area (Å²) in [5.41, 5.74) is 1.65. The molecule has 1 aliphatic heterocycles. The van der Waals surface area contributed by atoms with E-state index in [2.05, 4.69) is 10.6 Å². The quantitative estimate of drug-likeness (QED) is 0.536. The Labute approximate surface area is 190 Å². The van der Waals surface area contributed by atoms with E-state index in [9.17, 15) is 9.59 Å². The van der Waals surface area contributed by atoms with Gasteiger partial charge in [-0.05, 0) is 72.3 Å². The molecule has 0 atom stereocenters. The summed E-state index contributed by atoms with van der Waals surface area (Å²) in [5, 5.41) is 5.49. The van der Waals surface area contributed by atoms with Crippen LogP contribution in [0.1, 0.15) is 15.9 Å². The minimum atomic E-state index is -0.486. The SMILES string of the molecule is COc1ccc(NC(=O)/C(=C/c2ccc3c(c2)OCO3)NC(=O)c2ccc(OC)cc2)cc1. The van der Waals surface area contributed by atoms with E-state index in [1.54, 1.807) is 87.0 Å². The first-order valence-corrected chi connectivity index (χ1v) is 10.1. The third kappa shape index (κ3) is 5.24. The summed E-state index contributed by atoms with van der Waals surface area (Å²) in [6.45, 7) is 0.140. The topological polar surface area (TPSA) is 95.1 Å². The minimum absolute atomic E-state index is 0.0606. The van der Waals surface area contributed by atoms with Crippen LogP contribution in [0.25, 0.3) is 6.08 Å². The summed E-state index contributed by atoms with van der Waals surface area (Å²) in [5.74, 6) is 1.56. The molecule has 1 heterocycles. The number of carbonyl (C=O) groups excluding carboxylic acids is 2. The molecule has 3 aromatic rings. The number of hydrogen-bond acceptors (Lipinski definition) is 6. The van der Waals surface area contributed by atoms with E-state index in [0.717, 1.165) is 0 Å². The maximum absolute atomic E-state index is 13.1. The average Bonchev–Trinajstić information content (AvgIpc) is 3.32. The fourth-order valence-electron chi connectivity index (χ4n) is 3.14. The van der Waals surface area contributed by atoms with Crippen molar-refractivity contribution in [2.45, 2.75) is 0 Å². The minimum Gasteiger partial charge on any atom is -0.497 e. The van der Waals surface area contributed by atoms with Gasteiger partial charge in [-0.3, -0.25) is 9.59 Å². The van der Waals surface area contributed by atoms with Crippen molar-refractivity contribution in [1.29, 1.82) is 0 Å². The maximum atomic E-state index is 13.1. The van der Waals surface area contributed by atoms with Crippen LogP contribution in [0, 0.1) is 0 Å². The van der Waals surface area contributed by atoms with Crippen LogP contribution in [0.2, 0.25) is 0 Å². The zero-order valence-electron chi connectivity index (χ0n) is 18.1. The Morgan fingerprint density at radius 3 is 2.15 bits per heavy atom. The molecule has 0 saturated heterocycles. The average molecular weight is 446 g/mol. The molecule has 8 heteroatoms. The first-order valence-electron chi connectivity index (χ1n) is 10.1. The third-order valence-electron chi connectivity index (χ3n) is 4.90.